The van der Waals surface area contributed by atoms with Crippen molar-refractivity contribution >= 4 is 12.6 Å². The monoisotopic (exact) mass is 285 g/mol. The first-order valence-corrected chi connectivity index (χ1v) is 7.10. The molecule has 0 atom stereocenters. The van der Waals surface area contributed by atoms with Crippen LogP contribution in [-0.4, -0.2) is 33.1 Å². The van der Waals surface area contributed by atoms with E-state index >= 15 is 0 Å². The van der Waals surface area contributed by atoms with Crippen molar-refractivity contribution in [2.75, 3.05) is 0 Å². The zero-order valence-electron chi connectivity index (χ0n) is 13.1. The van der Waals surface area contributed by atoms with Gasteiger partial charge in [-0.1, -0.05) is 24.3 Å². The number of aromatic nitrogens is 3. The molecule has 6 heteroatoms. The van der Waals surface area contributed by atoms with Gasteiger partial charge in [-0.15, -0.1) is 0 Å². The van der Waals surface area contributed by atoms with Crippen LogP contribution in [0.15, 0.2) is 30.6 Å². The van der Waals surface area contributed by atoms with Gasteiger partial charge in [-0.3, -0.25) is 0 Å². The normalized spacial score (nSPS) is 20.0. The van der Waals surface area contributed by atoms with Crippen LogP contribution in [0.25, 0.3) is 11.4 Å². The van der Waals surface area contributed by atoms with Crippen molar-refractivity contribution in [3.05, 3.63) is 30.6 Å². The standard InChI is InChI=1S/C15H20BN3O2/c1-14(2)15(3,4)21-16(20-14)12-8-6-7-11(9-12)13-17-10-18-19(13)5/h6-10H,1-5H3. The molecule has 1 saturated heterocycles. The molecule has 5 nitrogen and oxygen atoms in total. The summed E-state index contributed by atoms with van der Waals surface area (Å²) in [6.07, 6.45) is 1.55. The highest BCUT2D eigenvalue weighted by atomic mass is 16.7. The fraction of sp³-hybridized carbons (Fsp3) is 0.467. The van der Waals surface area contributed by atoms with Crippen LogP contribution in [0.3, 0.4) is 0 Å². The van der Waals surface area contributed by atoms with Crippen molar-refractivity contribution in [3.8, 4) is 11.4 Å². The second-order valence-electron chi connectivity index (χ2n) is 6.42. The molecular formula is C15H20BN3O2. The van der Waals surface area contributed by atoms with Gasteiger partial charge < -0.3 is 9.31 Å². The number of hydrogen-bond acceptors (Lipinski definition) is 4. The highest BCUT2D eigenvalue weighted by molar-refractivity contribution is 6.62. The maximum atomic E-state index is 6.09. The van der Waals surface area contributed by atoms with Gasteiger partial charge in [-0.25, -0.2) is 9.67 Å². The number of benzene rings is 1. The summed E-state index contributed by atoms with van der Waals surface area (Å²) in [5.41, 5.74) is 1.33. The van der Waals surface area contributed by atoms with Crippen LogP contribution in [0.1, 0.15) is 27.7 Å². The van der Waals surface area contributed by atoms with Gasteiger partial charge in [0.2, 0.25) is 0 Å². The molecule has 0 spiro atoms. The molecule has 110 valence electrons. The molecule has 1 fully saturated rings. The van der Waals surface area contributed by atoms with Crippen molar-refractivity contribution in [2.45, 2.75) is 38.9 Å². The lowest BCUT2D eigenvalue weighted by atomic mass is 9.78. The molecule has 21 heavy (non-hydrogen) atoms. The van der Waals surface area contributed by atoms with Gasteiger partial charge in [-0.2, -0.15) is 5.10 Å². The largest absolute Gasteiger partial charge is 0.494 e. The Balaban J connectivity index is 1.94. The van der Waals surface area contributed by atoms with Crippen molar-refractivity contribution in [2.24, 2.45) is 7.05 Å². The van der Waals surface area contributed by atoms with Gasteiger partial charge in [0.1, 0.15) is 6.33 Å². The SMILES string of the molecule is Cn1ncnc1-c1cccc(B2OC(C)(C)C(C)(C)O2)c1. The van der Waals surface area contributed by atoms with Gasteiger partial charge >= 0.3 is 7.12 Å². The number of aryl methyl sites for hydroxylation is 1. The molecule has 3 rings (SSSR count). The van der Waals surface area contributed by atoms with Crippen LogP contribution in [-0.2, 0) is 16.4 Å². The fourth-order valence-electron chi connectivity index (χ4n) is 2.36. The Bertz CT molecular complexity index is 650. The Labute approximate surface area is 125 Å². The Hall–Kier alpha value is -1.66. The molecule has 0 unspecified atom stereocenters. The van der Waals surface area contributed by atoms with Crippen LogP contribution < -0.4 is 5.46 Å². The number of nitrogens with zero attached hydrogens (tertiary/aromatic N) is 3. The van der Waals surface area contributed by atoms with E-state index in [9.17, 15) is 0 Å². The smallest absolute Gasteiger partial charge is 0.399 e. The van der Waals surface area contributed by atoms with E-state index in [1.165, 1.54) is 0 Å². The van der Waals surface area contributed by atoms with Crippen LogP contribution >= 0.6 is 0 Å². The van der Waals surface area contributed by atoms with Crippen LogP contribution in [0.5, 0.6) is 0 Å². The van der Waals surface area contributed by atoms with E-state index in [0.29, 0.717) is 0 Å². The number of rotatable bonds is 2. The highest BCUT2D eigenvalue weighted by Crippen LogP contribution is 2.36. The molecule has 1 aliphatic rings. The fourth-order valence-corrected chi connectivity index (χ4v) is 2.36. The molecule has 0 bridgehead atoms. The lowest BCUT2D eigenvalue weighted by Gasteiger charge is -2.32. The summed E-state index contributed by atoms with van der Waals surface area (Å²) < 4.78 is 13.9. The van der Waals surface area contributed by atoms with Gasteiger partial charge in [0.05, 0.1) is 11.2 Å². The minimum atomic E-state index is -0.358. The van der Waals surface area contributed by atoms with Crippen molar-refractivity contribution in [1.29, 1.82) is 0 Å². The Morgan fingerprint density at radius 2 is 1.76 bits per heavy atom. The van der Waals surface area contributed by atoms with Crippen molar-refractivity contribution in [3.63, 3.8) is 0 Å². The molecule has 0 radical (unpaired) electrons. The minimum Gasteiger partial charge on any atom is -0.399 e. The molecule has 2 heterocycles. The van der Waals surface area contributed by atoms with Gasteiger partial charge in [0, 0.05) is 12.6 Å². The maximum Gasteiger partial charge on any atom is 0.494 e. The van der Waals surface area contributed by atoms with E-state index in [1.807, 2.05) is 31.3 Å². The average molecular weight is 285 g/mol. The predicted molar refractivity (Wildman–Crippen MR) is 82.2 cm³/mol. The minimum absolute atomic E-state index is 0.335. The van der Waals surface area contributed by atoms with E-state index in [1.54, 1.807) is 11.0 Å². The molecule has 0 aliphatic carbocycles. The summed E-state index contributed by atoms with van der Waals surface area (Å²) in [4.78, 5) is 4.28. The predicted octanol–water partition coefficient (Wildman–Crippen LogP) is 1.78. The molecule has 1 aliphatic heterocycles. The summed E-state index contributed by atoms with van der Waals surface area (Å²) in [6.45, 7) is 8.22. The van der Waals surface area contributed by atoms with Gasteiger partial charge in [-0.05, 0) is 33.2 Å². The number of hydrogen-bond donors (Lipinski definition) is 0. The molecule has 0 saturated carbocycles. The first kappa shape index (κ1) is 14.3. The van der Waals surface area contributed by atoms with Crippen molar-refractivity contribution in [1.82, 2.24) is 14.8 Å². The lowest BCUT2D eigenvalue weighted by molar-refractivity contribution is 0.00578. The average Bonchev–Trinajstić information content (AvgIpc) is 2.92. The first-order valence-electron chi connectivity index (χ1n) is 7.10. The van der Waals surface area contributed by atoms with Gasteiger partial charge in [0.15, 0.2) is 5.82 Å². The Kier molecular flexibility index (Phi) is 3.18. The van der Waals surface area contributed by atoms with Crippen LogP contribution in [0.2, 0.25) is 0 Å². The van der Waals surface area contributed by atoms with Crippen LogP contribution in [0.4, 0.5) is 0 Å². The Morgan fingerprint density at radius 1 is 1.10 bits per heavy atom. The van der Waals surface area contributed by atoms with Crippen LogP contribution in [0, 0.1) is 0 Å². The zero-order chi connectivity index (χ0) is 15.3. The third-order valence-corrected chi connectivity index (χ3v) is 4.38. The third kappa shape index (κ3) is 2.38. The summed E-state index contributed by atoms with van der Waals surface area (Å²) in [5, 5.41) is 4.11. The summed E-state index contributed by atoms with van der Waals surface area (Å²) in [6, 6.07) is 8.07. The van der Waals surface area contributed by atoms with Crippen molar-refractivity contribution < 1.29 is 9.31 Å². The first-order chi connectivity index (χ1) is 9.80. The van der Waals surface area contributed by atoms with E-state index in [4.69, 9.17) is 9.31 Å². The molecule has 2 aromatic rings. The molecule has 1 aromatic carbocycles. The molecular weight excluding hydrogens is 265 g/mol. The second-order valence-corrected chi connectivity index (χ2v) is 6.42. The van der Waals surface area contributed by atoms with E-state index in [-0.39, 0.29) is 18.3 Å². The quantitative estimate of drug-likeness (QED) is 0.789. The lowest BCUT2D eigenvalue weighted by Crippen LogP contribution is -2.41. The highest BCUT2D eigenvalue weighted by Gasteiger charge is 2.51. The maximum absolute atomic E-state index is 6.09. The second kappa shape index (κ2) is 4.68. The van der Waals surface area contributed by atoms with E-state index in [2.05, 4.69) is 37.8 Å². The zero-order valence-corrected chi connectivity index (χ0v) is 13.1. The van der Waals surface area contributed by atoms with Gasteiger partial charge in [0.25, 0.3) is 0 Å². The molecule has 0 N–H and O–H groups in total. The van der Waals surface area contributed by atoms with E-state index in [0.717, 1.165) is 16.9 Å². The summed E-state index contributed by atoms with van der Waals surface area (Å²) in [7, 11) is 1.52. The summed E-state index contributed by atoms with van der Waals surface area (Å²) in [5.74, 6) is 0.827. The Morgan fingerprint density at radius 3 is 2.33 bits per heavy atom. The van der Waals surface area contributed by atoms with E-state index < -0.39 is 0 Å². The topological polar surface area (TPSA) is 49.2 Å². The third-order valence-electron chi connectivity index (χ3n) is 4.38. The molecule has 1 aromatic heterocycles. The molecule has 0 amide bonds. The summed E-state index contributed by atoms with van der Waals surface area (Å²) >= 11 is 0.